The molecule has 6 aromatic carbocycles. The number of hydrogen-bond acceptors (Lipinski definition) is 6. The number of fused-ring (bicyclic) bond motifs is 9. The minimum atomic E-state index is 0.479. The van der Waals surface area contributed by atoms with Crippen molar-refractivity contribution in [3.8, 4) is 45.8 Å². The Hall–Kier alpha value is -7.97. The maximum absolute atomic E-state index is 6.52. The Morgan fingerprint density at radius 3 is 1.54 bits per heavy atom. The topological polar surface area (TPSA) is 87.5 Å². The van der Waals surface area contributed by atoms with Crippen LogP contribution < -0.4 is 0 Å². The highest BCUT2D eigenvalue weighted by atomic mass is 16.3. The zero-order chi connectivity index (χ0) is 37.5. The van der Waals surface area contributed by atoms with E-state index < -0.39 is 0 Å². The number of hydrogen-bond donors (Lipinski definition) is 0. The summed E-state index contributed by atoms with van der Waals surface area (Å²) in [6, 6.07) is 56.6. The van der Waals surface area contributed by atoms with Crippen LogP contribution >= 0.6 is 0 Å². The highest BCUT2D eigenvalue weighted by Gasteiger charge is 2.21. The van der Waals surface area contributed by atoms with Gasteiger partial charge in [0.2, 0.25) is 5.95 Å². The highest BCUT2D eigenvalue weighted by molar-refractivity contribution is 6.14. The summed E-state index contributed by atoms with van der Waals surface area (Å²) in [5.41, 5.74) is 10.6. The lowest BCUT2D eigenvalue weighted by Gasteiger charge is -2.10. The molecule has 0 atom stereocenters. The zero-order valence-electron chi connectivity index (χ0n) is 30.3. The first-order valence-corrected chi connectivity index (χ1v) is 18.8. The van der Waals surface area contributed by atoms with E-state index in [1.807, 2.05) is 48.5 Å². The van der Waals surface area contributed by atoms with Gasteiger partial charge >= 0.3 is 0 Å². The van der Waals surface area contributed by atoms with Crippen LogP contribution in [0, 0.1) is 0 Å². The molecule has 0 amide bonds. The van der Waals surface area contributed by atoms with Crippen molar-refractivity contribution in [1.29, 1.82) is 0 Å². The van der Waals surface area contributed by atoms with Gasteiger partial charge in [-0.15, -0.1) is 0 Å². The first-order chi connectivity index (χ1) is 28.3. The molecule has 8 nitrogen and oxygen atoms in total. The van der Waals surface area contributed by atoms with Crippen LogP contribution in [0.15, 0.2) is 181 Å². The molecule has 6 heterocycles. The van der Waals surface area contributed by atoms with Crippen LogP contribution in [0.2, 0.25) is 0 Å². The Bertz CT molecular complexity index is 3470. The fourth-order valence-electron chi connectivity index (χ4n) is 8.37. The second-order valence-electron chi connectivity index (χ2n) is 14.1. The van der Waals surface area contributed by atoms with Crippen LogP contribution in [0.5, 0.6) is 0 Å². The normalized spacial score (nSPS) is 11.9. The van der Waals surface area contributed by atoms with E-state index in [0.29, 0.717) is 29.0 Å². The zero-order valence-corrected chi connectivity index (χ0v) is 30.3. The summed E-state index contributed by atoms with van der Waals surface area (Å²) in [6.07, 6.45) is 3.49. The van der Waals surface area contributed by atoms with Crippen molar-refractivity contribution in [2.45, 2.75) is 0 Å². The minimum Gasteiger partial charge on any atom is -0.454 e. The van der Waals surface area contributed by atoms with Crippen molar-refractivity contribution in [3.63, 3.8) is 0 Å². The fraction of sp³-hybridized carbons (Fsp3) is 0. The molecule has 0 saturated heterocycles. The Morgan fingerprint density at radius 1 is 0.386 bits per heavy atom. The van der Waals surface area contributed by atoms with E-state index >= 15 is 0 Å². The molecule has 0 radical (unpaired) electrons. The Morgan fingerprint density at radius 2 is 0.912 bits per heavy atom. The van der Waals surface area contributed by atoms with Gasteiger partial charge in [-0.2, -0.15) is 9.97 Å². The Labute approximate surface area is 325 Å². The molecule has 0 N–H and O–H groups in total. The quantitative estimate of drug-likeness (QED) is 0.175. The van der Waals surface area contributed by atoms with Crippen LogP contribution in [0.4, 0.5) is 0 Å². The van der Waals surface area contributed by atoms with Gasteiger partial charge in [0.05, 0.1) is 27.8 Å². The summed E-state index contributed by atoms with van der Waals surface area (Å²) in [4.78, 5) is 24.0. The summed E-state index contributed by atoms with van der Waals surface area (Å²) in [6.45, 7) is 0. The van der Waals surface area contributed by atoms with Crippen molar-refractivity contribution in [1.82, 2.24) is 34.1 Å². The molecule has 8 heteroatoms. The molecule has 12 rings (SSSR count). The summed E-state index contributed by atoms with van der Waals surface area (Å²) in [7, 11) is 0. The average molecular weight is 732 g/mol. The summed E-state index contributed by atoms with van der Waals surface area (Å²) in [5.74, 6) is 1.46. The Balaban J connectivity index is 1.04. The molecule has 266 valence electrons. The van der Waals surface area contributed by atoms with Gasteiger partial charge in [-0.05, 0) is 83.9 Å². The predicted molar refractivity (Wildman–Crippen MR) is 228 cm³/mol. The molecule has 0 bridgehead atoms. The predicted octanol–water partition coefficient (Wildman–Crippen LogP) is 11.8. The lowest BCUT2D eigenvalue weighted by atomic mass is 10.0. The van der Waals surface area contributed by atoms with Crippen LogP contribution in [0.25, 0.3) is 111 Å². The lowest BCUT2D eigenvalue weighted by Crippen LogP contribution is -2.07. The molecule has 12 aromatic rings. The van der Waals surface area contributed by atoms with Gasteiger partial charge in [-0.3, -0.25) is 14.5 Å². The van der Waals surface area contributed by atoms with Crippen molar-refractivity contribution in [2.75, 3.05) is 0 Å². The summed E-state index contributed by atoms with van der Waals surface area (Å²) >= 11 is 0. The third-order valence-corrected chi connectivity index (χ3v) is 10.9. The second-order valence-corrected chi connectivity index (χ2v) is 14.1. The lowest BCUT2D eigenvalue weighted by molar-refractivity contribution is 0.666. The van der Waals surface area contributed by atoms with Crippen LogP contribution in [0.1, 0.15) is 0 Å². The molecular weight excluding hydrogens is 703 g/mol. The van der Waals surface area contributed by atoms with E-state index in [2.05, 4.69) is 134 Å². The largest absolute Gasteiger partial charge is 0.454 e. The van der Waals surface area contributed by atoms with Gasteiger partial charge in [0.15, 0.2) is 17.2 Å². The summed E-state index contributed by atoms with van der Waals surface area (Å²) in [5, 5.41) is 6.78. The van der Waals surface area contributed by atoms with Gasteiger partial charge in [0, 0.05) is 44.7 Å². The second kappa shape index (κ2) is 12.3. The van der Waals surface area contributed by atoms with Crippen LogP contribution in [-0.2, 0) is 0 Å². The first kappa shape index (κ1) is 31.4. The maximum atomic E-state index is 6.52. The third kappa shape index (κ3) is 4.84. The van der Waals surface area contributed by atoms with E-state index in [1.54, 1.807) is 12.4 Å². The molecule has 0 unspecified atom stereocenters. The van der Waals surface area contributed by atoms with Gasteiger partial charge in [0.25, 0.3) is 0 Å². The number of para-hydroxylation sites is 4. The SMILES string of the molecule is c1ccc(-c2nc(-c3ccccn3)nc(-n3c4ccccc4c4cc(-c5ccc6c(c5)c5ccccc5n6-c5cccc6c5oc5ccccc56)ccc43)n2)nc1. The molecule has 57 heavy (non-hydrogen) atoms. The first-order valence-electron chi connectivity index (χ1n) is 18.8. The van der Waals surface area contributed by atoms with E-state index in [1.165, 1.54) is 10.8 Å². The number of pyridine rings is 2. The van der Waals surface area contributed by atoms with E-state index in [4.69, 9.17) is 19.4 Å². The fourth-order valence-corrected chi connectivity index (χ4v) is 8.37. The van der Waals surface area contributed by atoms with E-state index in [0.717, 1.165) is 71.6 Å². The number of rotatable bonds is 5. The third-order valence-electron chi connectivity index (χ3n) is 10.9. The molecule has 0 fully saturated rings. The number of aromatic nitrogens is 7. The standard InChI is InChI=1S/C49H29N7O/c1-4-18-40-32(12-1)36-28-30(22-24-42(36)55(40)44-20-11-15-35-34-14-3-6-21-45(34)57-46(35)44)31-23-25-43-37(29-31)33-13-2-5-19-41(33)56(43)49-53-47(38-16-7-9-26-50-38)52-48(54-49)39-17-8-10-27-51-39/h1-29H. The van der Waals surface area contributed by atoms with Crippen LogP contribution in [-0.4, -0.2) is 34.1 Å². The van der Waals surface area contributed by atoms with E-state index in [9.17, 15) is 0 Å². The van der Waals surface area contributed by atoms with Crippen molar-refractivity contribution < 1.29 is 4.42 Å². The smallest absolute Gasteiger partial charge is 0.238 e. The maximum Gasteiger partial charge on any atom is 0.238 e. The highest BCUT2D eigenvalue weighted by Crippen LogP contribution is 2.40. The molecule has 0 aliphatic heterocycles. The average Bonchev–Trinajstić information content (AvgIpc) is 3.94. The molecule has 0 aliphatic rings. The molecule has 0 aliphatic carbocycles. The molecule has 6 aromatic heterocycles. The van der Waals surface area contributed by atoms with Crippen molar-refractivity contribution in [2.24, 2.45) is 0 Å². The van der Waals surface area contributed by atoms with Gasteiger partial charge in [-0.1, -0.05) is 91.0 Å². The van der Waals surface area contributed by atoms with Gasteiger partial charge in [-0.25, -0.2) is 4.98 Å². The minimum absolute atomic E-state index is 0.479. The van der Waals surface area contributed by atoms with Crippen LogP contribution in [0.3, 0.4) is 0 Å². The number of benzene rings is 6. The molecular formula is C49H29N7O. The molecule has 0 spiro atoms. The van der Waals surface area contributed by atoms with Crippen molar-refractivity contribution in [3.05, 3.63) is 176 Å². The monoisotopic (exact) mass is 731 g/mol. The van der Waals surface area contributed by atoms with Gasteiger partial charge < -0.3 is 8.98 Å². The van der Waals surface area contributed by atoms with Crippen molar-refractivity contribution >= 4 is 65.6 Å². The Kier molecular flexibility index (Phi) is 6.76. The number of nitrogens with zero attached hydrogens (tertiary/aromatic N) is 7. The molecule has 0 saturated carbocycles. The summed E-state index contributed by atoms with van der Waals surface area (Å²) < 4.78 is 11.0. The van der Waals surface area contributed by atoms with Gasteiger partial charge in [0.1, 0.15) is 17.0 Å². The van der Waals surface area contributed by atoms with E-state index in [-0.39, 0.29) is 0 Å². The number of furan rings is 1.